The quantitative estimate of drug-likeness (QED) is 0.127. The third-order valence-electron chi connectivity index (χ3n) is 2.04. The highest BCUT2D eigenvalue weighted by atomic mass is 31.2. The summed E-state index contributed by atoms with van der Waals surface area (Å²) in [6.07, 6.45) is 0. The van der Waals surface area contributed by atoms with Crippen LogP contribution >= 0.6 is 31.3 Å². The highest BCUT2D eigenvalue weighted by molar-refractivity contribution is 7.48. The normalized spacial score (nSPS) is 20.6. The summed E-state index contributed by atoms with van der Waals surface area (Å²) in [5.74, 6) is 0. The first-order chi connectivity index (χ1) is 12.7. The van der Waals surface area contributed by atoms with Gasteiger partial charge in [0.1, 0.15) is 0 Å². The van der Waals surface area contributed by atoms with Crippen molar-refractivity contribution < 1.29 is 74.0 Å². The van der Waals surface area contributed by atoms with Crippen LogP contribution < -0.4 is 0 Å². The average Bonchev–Trinajstić information content (AvgIpc) is 2.50. The molecule has 0 saturated carbocycles. The average molecular weight is 498 g/mol. The van der Waals surface area contributed by atoms with Crippen LogP contribution in [-0.2, 0) is 54.5 Å². The van der Waals surface area contributed by atoms with Crippen LogP contribution in [0.5, 0.6) is 0 Å². The van der Waals surface area contributed by atoms with E-state index in [2.05, 4.69) is 36.2 Å². The Hall–Kier alpha value is 0.440. The van der Waals surface area contributed by atoms with Crippen molar-refractivity contribution in [1.29, 1.82) is 0 Å². The van der Waals surface area contributed by atoms with Crippen molar-refractivity contribution in [1.82, 2.24) is 0 Å². The van der Waals surface area contributed by atoms with Crippen molar-refractivity contribution in [3.8, 4) is 0 Å². The van der Waals surface area contributed by atoms with Gasteiger partial charge in [0.05, 0.1) is 26.4 Å². The second-order valence-corrected chi connectivity index (χ2v) is 9.94. The van der Waals surface area contributed by atoms with Gasteiger partial charge in [0, 0.05) is 0 Å². The van der Waals surface area contributed by atoms with Gasteiger partial charge in [-0.3, -0.25) is 36.2 Å². The van der Waals surface area contributed by atoms with Gasteiger partial charge in [0.25, 0.3) is 0 Å². The molecule has 0 aromatic carbocycles. The van der Waals surface area contributed by atoms with E-state index in [9.17, 15) is 28.0 Å². The molecule has 16 nitrogen and oxygen atoms in total. The third-order valence-corrected chi connectivity index (χ3v) is 5.95. The van der Waals surface area contributed by atoms with Gasteiger partial charge in [-0.05, 0) is 13.8 Å². The first-order valence-electron chi connectivity index (χ1n) is 7.21. The summed E-state index contributed by atoms with van der Waals surface area (Å²) in [5, 5.41) is 0. The molecule has 0 aliphatic carbocycles. The van der Waals surface area contributed by atoms with Gasteiger partial charge >= 0.3 is 31.3 Å². The second kappa shape index (κ2) is 13.0. The minimum absolute atomic E-state index is 0.159. The zero-order chi connectivity index (χ0) is 21.9. The molecule has 0 saturated heterocycles. The first kappa shape index (κ1) is 28.4. The first-order valence-corrected chi connectivity index (χ1v) is 13.2. The molecule has 0 aromatic heterocycles. The molecule has 4 unspecified atom stereocenters. The van der Waals surface area contributed by atoms with E-state index in [1.165, 1.54) is 13.8 Å². The summed E-state index contributed by atoms with van der Waals surface area (Å²) in [6.45, 7) is -1.24. The summed E-state index contributed by atoms with van der Waals surface area (Å²) in [5.41, 5.74) is 0. The van der Waals surface area contributed by atoms with Crippen molar-refractivity contribution in [2.45, 2.75) is 13.8 Å². The lowest BCUT2D eigenvalue weighted by Crippen LogP contribution is -2.07. The Morgan fingerprint density at radius 3 is 1.00 bits per heavy atom. The molecule has 0 aliphatic heterocycles. The topological polar surface area (TPSA) is 223 Å². The van der Waals surface area contributed by atoms with Gasteiger partial charge in [0.2, 0.25) is 0 Å². The lowest BCUT2D eigenvalue weighted by Gasteiger charge is -2.16. The Balaban J connectivity index is 4.11. The van der Waals surface area contributed by atoms with Crippen molar-refractivity contribution in [3.05, 3.63) is 0 Å². The standard InChI is InChI=1S/C8H22O16P4/c1-3-17-25(9,10)21-7-23-27(13,14)19-5-6-20-28(15,16)24-8-22-26(11,12)18-4-2/h3-8H2,1-2H3,(H,9,10)(H,11,12)(H,13,14)(H,15,16). The largest absolute Gasteiger partial charge is 0.474 e. The predicted octanol–water partition coefficient (Wildman–Crippen LogP) is 1.48. The van der Waals surface area contributed by atoms with Crippen LogP contribution in [0.1, 0.15) is 13.8 Å². The van der Waals surface area contributed by atoms with Gasteiger partial charge in [-0.1, -0.05) is 0 Å². The summed E-state index contributed by atoms with van der Waals surface area (Å²) in [7, 11) is -18.4. The smallest absolute Gasteiger partial charge is 0.302 e. The molecule has 0 radical (unpaired) electrons. The maximum atomic E-state index is 11.4. The van der Waals surface area contributed by atoms with Gasteiger partial charge in [-0.15, -0.1) is 0 Å². The van der Waals surface area contributed by atoms with E-state index in [0.29, 0.717) is 0 Å². The van der Waals surface area contributed by atoms with E-state index in [0.717, 1.165) is 0 Å². The van der Waals surface area contributed by atoms with Crippen LogP contribution in [0.15, 0.2) is 0 Å². The molecule has 28 heavy (non-hydrogen) atoms. The van der Waals surface area contributed by atoms with Crippen LogP contribution in [-0.4, -0.2) is 59.6 Å². The van der Waals surface area contributed by atoms with Crippen LogP contribution in [0.4, 0.5) is 0 Å². The van der Waals surface area contributed by atoms with E-state index in [-0.39, 0.29) is 13.2 Å². The van der Waals surface area contributed by atoms with E-state index >= 15 is 0 Å². The van der Waals surface area contributed by atoms with Gasteiger partial charge in [-0.2, -0.15) is 0 Å². The van der Waals surface area contributed by atoms with Gasteiger partial charge in [0.15, 0.2) is 13.6 Å². The number of phosphoric ester groups is 4. The molecule has 0 bridgehead atoms. The highest BCUT2D eigenvalue weighted by Gasteiger charge is 2.28. The fourth-order valence-electron chi connectivity index (χ4n) is 1.09. The number of phosphoric acid groups is 4. The molecule has 0 aromatic rings. The molecule has 170 valence electrons. The summed E-state index contributed by atoms with van der Waals surface area (Å²) in [4.78, 5) is 36.6. The van der Waals surface area contributed by atoms with Crippen LogP contribution in [0.2, 0.25) is 0 Å². The second-order valence-electron chi connectivity index (χ2n) is 4.13. The minimum Gasteiger partial charge on any atom is -0.302 e. The molecule has 0 amide bonds. The van der Waals surface area contributed by atoms with E-state index in [1.807, 2.05) is 0 Å². The summed E-state index contributed by atoms with van der Waals surface area (Å²) < 4.78 is 79.2. The number of hydrogen-bond donors (Lipinski definition) is 4. The Morgan fingerprint density at radius 1 is 0.500 bits per heavy atom. The van der Waals surface area contributed by atoms with Gasteiger partial charge < -0.3 is 19.6 Å². The van der Waals surface area contributed by atoms with E-state index < -0.39 is 58.1 Å². The fraction of sp³-hybridized carbons (Fsp3) is 1.00. The Bertz CT molecular complexity index is 582. The molecule has 20 heteroatoms. The van der Waals surface area contributed by atoms with Gasteiger partial charge in [-0.25, -0.2) is 18.3 Å². The Labute approximate surface area is 160 Å². The third kappa shape index (κ3) is 15.3. The van der Waals surface area contributed by atoms with Crippen molar-refractivity contribution in [2.24, 2.45) is 0 Å². The molecule has 0 heterocycles. The van der Waals surface area contributed by atoms with Crippen LogP contribution in [0, 0.1) is 0 Å². The molecular weight excluding hydrogens is 476 g/mol. The molecule has 0 aliphatic rings. The van der Waals surface area contributed by atoms with Crippen molar-refractivity contribution >= 4 is 31.3 Å². The van der Waals surface area contributed by atoms with E-state index in [1.54, 1.807) is 0 Å². The molecule has 4 atom stereocenters. The zero-order valence-corrected chi connectivity index (χ0v) is 18.3. The summed E-state index contributed by atoms with van der Waals surface area (Å²) in [6, 6.07) is 0. The monoisotopic (exact) mass is 498 g/mol. The Kier molecular flexibility index (Phi) is 13.2. The lowest BCUT2D eigenvalue weighted by atomic mass is 10.8. The minimum atomic E-state index is -4.75. The Morgan fingerprint density at radius 2 is 0.750 bits per heavy atom. The lowest BCUT2D eigenvalue weighted by molar-refractivity contribution is 0.0240. The SMILES string of the molecule is CCOP(=O)(O)OCOP(=O)(O)OCCOP(=O)(O)OCOP(=O)(O)OCC. The molecular formula is C8H22O16P4. The molecule has 0 rings (SSSR count). The zero-order valence-electron chi connectivity index (χ0n) is 14.7. The molecule has 0 fully saturated rings. The summed E-state index contributed by atoms with van der Waals surface area (Å²) >= 11 is 0. The van der Waals surface area contributed by atoms with Crippen LogP contribution in [0.3, 0.4) is 0 Å². The molecule has 4 N–H and O–H groups in total. The number of hydrogen-bond acceptors (Lipinski definition) is 12. The van der Waals surface area contributed by atoms with Crippen molar-refractivity contribution in [3.63, 3.8) is 0 Å². The van der Waals surface area contributed by atoms with Crippen molar-refractivity contribution in [2.75, 3.05) is 40.0 Å². The fourth-order valence-corrected chi connectivity index (χ4v) is 3.57. The van der Waals surface area contributed by atoms with E-state index in [4.69, 9.17) is 9.79 Å². The maximum Gasteiger partial charge on any atom is 0.474 e. The van der Waals surface area contributed by atoms with Crippen LogP contribution in [0.25, 0.3) is 0 Å². The maximum absolute atomic E-state index is 11.4. The highest BCUT2D eigenvalue weighted by Crippen LogP contribution is 2.49. The molecule has 0 spiro atoms. The predicted molar refractivity (Wildman–Crippen MR) is 88.5 cm³/mol. The number of rotatable bonds is 17.